The number of halogens is 2. The van der Waals surface area contributed by atoms with Crippen LogP contribution in [0.3, 0.4) is 0 Å². The molecular weight excluding hydrogens is 337 g/mol. The summed E-state index contributed by atoms with van der Waals surface area (Å²) in [6.07, 6.45) is 1.43. The first-order valence-electron chi connectivity index (χ1n) is 6.91. The van der Waals surface area contributed by atoms with Crippen LogP contribution in [-0.2, 0) is 4.79 Å². The largest absolute Gasteiger partial charge is 0.348 e. The third kappa shape index (κ3) is 4.94. The van der Waals surface area contributed by atoms with Crippen molar-refractivity contribution in [1.29, 1.82) is 0 Å². The molecular formula is C16H15Cl2N3O2. The zero-order valence-corrected chi connectivity index (χ0v) is 13.9. The summed E-state index contributed by atoms with van der Waals surface area (Å²) in [5, 5.41) is 6.24. The van der Waals surface area contributed by atoms with Crippen LogP contribution < -0.4 is 10.6 Å². The lowest BCUT2D eigenvalue weighted by atomic mass is 10.1. The fraction of sp³-hybridized carbons (Fsp3) is 0.188. The van der Waals surface area contributed by atoms with Gasteiger partial charge in [0.1, 0.15) is 5.69 Å². The van der Waals surface area contributed by atoms with E-state index < -0.39 is 5.91 Å². The molecule has 2 N–H and O–H groups in total. The van der Waals surface area contributed by atoms with Crippen LogP contribution in [0.2, 0.25) is 10.0 Å². The number of pyridine rings is 1. The lowest BCUT2D eigenvalue weighted by molar-refractivity contribution is -0.120. The molecule has 0 saturated carbocycles. The van der Waals surface area contributed by atoms with Gasteiger partial charge in [0.15, 0.2) is 0 Å². The summed E-state index contributed by atoms with van der Waals surface area (Å²) in [5.74, 6) is -0.791. The lowest BCUT2D eigenvalue weighted by Crippen LogP contribution is -2.38. The Morgan fingerprint density at radius 3 is 2.65 bits per heavy atom. The minimum atomic E-state index is -0.465. The molecule has 120 valence electrons. The second-order valence-electron chi connectivity index (χ2n) is 4.85. The van der Waals surface area contributed by atoms with Crippen molar-refractivity contribution in [3.63, 3.8) is 0 Å². The molecule has 2 aromatic rings. The molecule has 0 saturated heterocycles. The monoisotopic (exact) mass is 351 g/mol. The van der Waals surface area contributed by atoms with Crippen LogP contribution in [0.25, 0.3) is 0 Å². The standard InChI is InChI=1S/C16H15Cl2N3O2/c1-10(12-4-2-3-5-13(12)18)21-15(22)9-20-16(23)14-8-11(17)6-7-19-14/h2-8,10H,9H2,1H3,(H,20,23)(H,21,22). The Bertz CT molecular complexity index is 722. The van der Waals surface area contributed by atoms with Gasteiger partial charge in [0, 0.05) is 16.2 Å². The molecule has 0 aliphatic heterocycles. The molecule has 2 rings (SSSR count). The molecule has 7 heteroatoms. The number of hydrogen-bond acceptors (Lipinski definition) is 3. The van der Waals surface area contributed by atoms with Crippen molar-refractivity contribution >= 4 is 35.0 Å². The van der Waals surface area contributed by atoms with E-state index in [1.807, 2.05) is 25.1 Å². The van der Waals surface area contributed by atoms with E-state index in [1.54, 1.807) is 12.1 Å². The second-order valence-corrected chi connectivity index (χ2v) is 5.70. The summed E-state index contributed by atoms with van der Waals surface area (Å²) < 4.78 is 0. The lowest BCUT2D eigenvalue weighted by Gasteiger charge is -2.15. The molecule has 1 unspecified atom stereocenters. The highest BCUT2D eigenvalue weighted by Gasteiger charge is 2.14. The van der Waals surface area contributed by atoms with Gasteiger partial charge in [0.25, 0.3) is 5.91 Å². The number of rotatable bonds is 5. The number of amides is 2. The maximum Gasteiger partial charge on any atom is 0.270 e. The van der Waals surface area contributed by atoms with Gasteiger partial charge in [-0.2, -0.15) is 0 Å². The van der Waals surface area contributed by atoms with Crippen molar-refractivity contribution in [2.45, 2.75) is 13.0 Å². The fourth-order valence-corrected chi connectivity index (χ4v) is 2.44. The third-order valence-electron chi connectivity index (χ3n) is 3.11. The molecule has 1 heterocycles. The number of hydrogen-bond donors (Lipinski definition) is 2. The van der Waals surface area contributed by atoms with Crippen molar-refractivity contribution in [2.24, 2.45) is 0 Å². The number of carbonyl (C=O) groups is 2. The average Bonchev–Trinajstić information content (AvgIpc) is 2.53. The normalized spacial score (nSPS) is 11.6. The minimum Gasteiger partial charge on any atom is -0.348 e. The van der Waals surface area contributed by atoms with Crippen LogP contribution in [0, 0.1) is 0 Å². The van der Waals surface area contributed by atoms with Gasteiger partial charge in [-0.3, -0.25) is 14.6 Å². The summed E-state index contributed by atoms with van der Waals surface area (Å²) in [6.45, 7) is 1.65. The summed E-state index contributed by atoms with van der Waals surface area (Å²) >= 11 is 11.9. The Labute approximate surface area is 144 Å². The van der Waals surface area contributed by atoms with Gasteiger partial charge < -0.3 is 10.6 Å². The molecule has 23 heavy (non-hydrogen) atoms. The quantitative estimate of drug-likeness (QED) is 0.869. The van der Waals surface area contributed by atoms with Crippen LogP contribution in [0.4, 0.5) is 0 Å². The number of nitrogens with zero attached hydrogens (tertiary/aromatic N) is 1. The highest BCUT2D eigenvalue weighted by atomic mass is 35.5. The SMILES string of the molecule is CC(NC(=O)CNC(=O)c1cc(Cl)ccn1)c1ccccc1Cl. The number of nitrogens with one attached hydrogen (secondary N) is 2. The Morgan fingerprint density at radius 1 is 1.22 bits per heavy atom. The van der Waals surface area contributed by atoms with E-state index in [-0.39, 0.29) is 24.2 Å². The fourth-order valence-electron chi connectivity index (χ4n) is 1.98. The van der Waals surface area contributed by atoms with Crippen molar-refractivity contribution in [3.8, 4) is 0 Å². The Balaban J connectivity index is 1.88. The zero-order valence-electron chi connectivity index (χ0n) is 12.3. The second kappa shape index (κ2) is 7.94. The van der Waals surface area contributed by atoms with Gasteiger partial charge in [-0.1, -0.05) is 41.4 Å². The summed E-state index contributed by atoms with van der Waals surface area (Å²) in [4.78, 5) is 27.7. The first-order valence-corrected chi connectivity index (χ1v) is 7.66. The zero-order chi connectivity index (χ0) is 16.8. The van der Waals surface area contributed by atoms with Gasteiger partial charge in [0.2, 0.25) is 5.91 Å². The smallest absolute Gasteiger partial charge is 0.270 e. The molecule has 1 atom stereocenters. The molecule has 0 fully saturated rings. The molecule has 0 bridgehead atoms. The molecule has 2 amide bonds. The Hall–Kier alpha value is -2.11. The van der Waals surface area contributed by atoms with Crippen molar-refractivity contribution < 1.29 is 9.59 Å². The van der Waals surface area contributed by atoms with Gasteiger partial charge in [0.05, 0.1) is 12.6 Å². The van der Waals surface area contributed by atoms with E-state index in [2.05, 4.69) is 15.6 Å². The van der Waals surface area contributed by atoms with Crippen molar-refractivity contribution in [2.75, 3.05) is 6.54 Å². The first-order chi connectivity index (χ1) is 11.0. The predicted molar refractivity (Wildman–Crippen MR) is 89.6 cm³/mol. The summed E-state index contributed by atoms with van der Waals surface area (Å²) in [5.41, 5.74) is 0.967. The predicted octanol–water partition coefficient (Wildman–Crippen LogP) is 3.00. The number of carbonyl (C=O) groups excluding carboxylic acids is 2. The number of aromatic nitrogens is 1. The highest BCUT2D eigenvalue weighted by molar-refractivity contribution is 6.31. The van der Waals surface area contributed by atoms with E-state index in [0.717, 1.165) is 5.56 Å². The van der Waals surface area contributed by atoms with E-state index in [4.69, 9.17) is 23.2 Å². The van der Waals surface area contributed by atoms with Crippen LogP contribution in [0.15, 0.2) is 42.6 Å². The maximum absolute atomic E-state index is 11.9. The van der Waals surface area contributed by atoms with Crippen LogP contribution in [0.1, 0.15) is 29.0 Å². The minimum absolute atomic E-state index is 0.157. The molecule has 0 aliphatic rings. The Morgan fingerprint density at radius 2 is 1.96 bits per heavy atom. The van der Waals surface area contributed by atoms with Crippen molar-refractivity contribution in [1.82, 2.24) is 15.6 Å². The van der Waals surface area contributed by atoms with E-state index in [1.165, 1.54) is 12.3 Å². The summed E-state index contributed by atoms with van der Waals surface area (Å²) in [6, 6.07) is 9.98. The van der Waals surface area contributed by atoms with Gasteiger partial charge in [-0.05, 0) is 30.7 Å². The molecule has 1 aromatic carbocycles. The third-order valence-corrected chi connectivity index (χ3v) is 3.69. The van der Waals surface area contributed by atoms with Gasteiger partial charge >= 0.3 is 0 Å². The highest BCUT2D eigenvalue weighted by Crippen LogP contribution is 2.21. The number of benzene rings is 1. The van der Waals surface area contributed by atoms with E-state index in [9.17, 15) is 9.59 Å². The summed E-state index contributed by atoms with van der Waals surface area (Å²) in [7, 11) is 0. The van der Waals surface area contributed by atoms with E-state index >= 15 is 0 Å². The molecule has 5 nitrogen and oxygen atoms in total. The van der Waals surface area contributed by atoms with Crippen LogP contribution >= 0.6 is 23.2 Å². The van der Waals surface area contributed by atoms with Gasteiger partial charge in [-0.15, -0.1) is 0 Å². The average molecular weight is 352 g/mol. The van der Waals surface area contributed by atoms with Crippen LogP contribution in [0.5, 0.6) is 0 Å². The Kier molecular flexibility index (Phi) is 5.96. The molecule has 0 radical (unpaired) electrons. The molecule has 0 aliphatic carbocycles. The topological polar surface area (TPSA) is 71.1 Å². The first kappa shape index (κ1) is 17.2. The van der Waals surface area contributed by atoms with Crippen LogP contribution in [-0.4, -0.2) is 23.3 Å². The maximum atomic E-state index is 11.9. The molecule has 1 aromatic heterocycles. The van der Waals surface area contributed by atoms with Gasteiger partial charge in [-0.25, -0.2) is 0 Å². The van der Waals surface area contributed by atoms with Crippen molar-refractivity contribution in [3.05, 3.63) is 63.9 Å². The molecule has 0 spiro atoms. The van der Waals surface area contributed by atoms with E-state index in [0.29, 0.717) is 10.0 Å².